The third-order valence-electron chi connectivity index (χ3n) is 12.0. The largest absolute Gasteiger partial charge is 0.309 e. The van der Waals surface area contributed by atoms with E-state index in [0.29, 0.717) is 17.5 Å². The highest BCUT2D eigenvalue weighted by Gasteiger charge is 2.21. The van der Waals surface area contributed by atoms with Gasteiger partial charge < -0.3 is 9.13 Å². The Morgan fingerprint density at radius 2 is 0.661 bits per heavy atom. The Morgan fingerprint density at radius 1 is 0.258 bits per heavy atom. The van der Waals surface area contributed by atoms with Crippen molar-refractivity contribution in [1.82, 2.24) is 24.1 Å². The van der Waals surface area contributed by atoms with E-state index in [9.17, 15) is 0 Å². The summed E-state index contributed by atoms with van der Waals surface area (Å²) in [4.78, 5) is 15.7. The summed E-state index contributed by atoms with van der Waals surface area (Å²) in [7, 11) is 0. The van der Waals surface area contributed by atoms with Gasteiger partial charge in [-0.05, 0) is 70.8 Å². The van der Waals surface area contributed by atoms with Crippen LogP contribution in [0.2, 0.25) is 0 Å². The first-order chi connectivity index (χ1) is 30.7. The summed E-state index contributed by atoms with van der Waals surface area (Å²) >= 11 is 0. The van der Waals surface area contributed by atoms with Crippen molar-refractivity contribution in [2.24, 2.45) is 0 Å². The van der Waals surface area contributed by atoms with Gasteiger partial charge in [-0.3, -0.25) is 0 Å². The van der Waals surface area contributed by atoms with Crippen molar-refractivity contribution in [1.29, 1.82) is 0 Å². The van der Waals surface area contributed by atoms with Crippen molar-refractivity contribution in [3.63, 3.8) is 0 Å². The van der Waals surface area contributed by atoms with E-state index in [2.05, 4.69) is 197 Å². The van der Waals surface area contributed by atoms with Gasteiger partial charge in [-0.15, -0.1) is 0 Å². The van der Waals surface area contributed by atoms with Crippen molar-refractivity contribution in [3.05, 3.63) is 224 Å². The fraction of sp³-hybridized carbons (Fsp3) is 0. The first kappa shape index (κ1) is 35.5. The molecule has 0 N–H and O–H groups in total. The molecule has 0 aliphatic carbocycles. The number of benzene rings is 9. The minimum absolute atomic E-state index is 0.596. The Hall–Kier alpha value is -8.41. The Labute approximate surface area is 358 Å². The summed E-state index contributed by atoms with van der Waals surface area (Å²) < 4.78 is 4.76. The minimum Gasteiger partial charge on any atom is -0.309 e. The Bertz CT molecular complexity index is 3550. The average molecular weight is 792 g/mol. The summed E-state index contributed by atoms with van der Waals surface area (Å²) in [6, 6.07) is 79.3. The number of fused-ring (bicyclic) bond motifs is 6. The summed E-state index contributed by atoms with van der Waals surface area (Å²) in [6.45, 7) is 0. The zero-order valence-electron chi connectivity index (χ0n) is 33.6. The average Bonchev–Trinajstić information content (AvgIpc) is 3.87. The molecule has 0 aliphatic rings. The summed E-state index contributed by atoms with van der Waals surface area (Å²) in [5, 5.41) is 4.80. The highest BCUT2D eigenvalue weighted by Crippen LogP contribution is 2.41. The molecular formula is C57H37N5. The SMILES string of the molecule is c1ccc(-c2ccc3c4ccccc4n(-c4ccc(-c5ccc6c7ccccc7n(-c7ccccc7)c6c5)cc4-c4nc(-c5ccccc5)nc(-c5ccccc5)n4)c3c2)cc1. The topological polar surface area (TPSA) is 48.5 Å². The lowest BCUT2D eigenvalue weighted by Gasteiger charge is -2.17. The third-order valence-corrected chi connectivity index (χ3v) is 12.0. The molecule has 5 nitrogen and oxygen atoms in total. The van der Waals surface area contributed by atoms with E-state index in [1.54, 1.807) is 0 Å². The molecule has 9 aromatic carbocycles. The molecule has 0 saturated carbocycles. The normalized spacial score (nSPS) is 11.5. The Kier molecular flexibility index (Phi) is 8.42. The zero-order valence-corrected chi connectivity index (χ0v) is 33.6. The van der Waals surface area contributed by atoms with Gasteiger partial charge in [0.05, 0.1) is 27.8 Å². The monoisotopic (exact) mass is 791 g/mol. The van der Waals surface area contributed by atoms with E-state index >= 15 is 0 Å². The second kappa shape index (κ2) is 14.7. The van der Waals surface area contributed by atoms with Crippen LogP contribution >= 0.6 is 0 Å². The Balaban J connectivity index is 1.15. The van der Waals surface area contributed by atoms with Crippen LogP contribution in [-0.2, 0) is 0 Å². The molecule has 0 saturated heterocycles. The van der Waals surface area contributed by atoms with E-state index in [-0.39, 0.29) is 0 Å². The van der Waals surface area contributed by atoms with Gasteiger partial charge in [0.15, 0.2) is 17.5 Å². The van der Waals surface area contributed by atoms with Crippen molar-refractivity contribution in [2.45, 2.75) is 0 Å². The second-order valence-electron chi connectivity index (χ2n) is 15.6. The molecule has 0 amide bonds. The lowest BCUT2D eigenvalue weighted by atomic mass is 9.99. The van der Waals surface area contributed by atoms with Crippen molar-refractivity contribution < 1.29 is 0 Å². The maximum atomic E-state index is 5.32. The van der Waals surface area contributed by atoms with E-state index in [1.165, 1.54) is 32.6 Å². The number of aromatic nitrogens is 5. The van der Waals surface area contributed by atoms with Crippen LogP contribution in [0.3, 0.4) is 0 Å². The van der Waals surface area contributed by atoms with Gasteiger partial charge in [-0.2, -0.15) is 0 Å². The van der Waals surface area contributed by atoms with Crippen LogP contribution in [0.5, 0.6) is 0 Å². The van der Waals surface area contributed by atoms with Crippen molar-refractivity contribution >= 4 is 43.6 Å². The van der Waals surface area contributed by atoms with E-state index in [4.69, 9.17) is 15.0 Å². The van der Waals surface area contributed by atoms with Crippen LogP contribution in [-0.4, -0.2) is 24.1 Å². The highest BCUT2D eigenvalue weighted by molar-refractivity contribution is 6.12. The van der Waals surface area contributed by atoms with Crippen LogP contribution in [0.15, 0.2) is 224 Å². The van der Waals surface area contributed by atoms with Crippen molar-refractivity contribution in [3.8, 4) is 67.8 Å². The van der Waals surface area contributed by atoms with Gasteiger partial charge in [-0.1, -0.05) is 176 Å². The number of hydrogen-bond acceptors (Lipinski definition) is 3. The zero-order chi connectivity index (χ0) is 41.0. The van der Waals surface area contributed by atoms with Gasteiger partial charge >= 0.3 is 0 Å². The van der Waals surface area contributed by atoms with Gasteiger partial charge in [0.25, 0.3) is 0 Å². The molecule has 12 rings (SSSR count). The molecular weight excluding hydrogens is 755 g/mol. The fourth-order valence-corrected chi connectivity index (χ4v) is 9.06. The third kappa shape index (κ3) is 5.98. The van der Waals surface area contributed by atoms with E-state index in [1.807, 2.05) is 36.4 Å². The first-order valence-corrected chi connectivity index (χ1v) is 20.9. The van der Waals surface area contributed by atoms with Crippen LogP contribution in [0, 0.1) is 0 Å². The predicted molar refractivity (Wildman–Crippen MR) is 256 cm³/mol. The summed E-state index contributed by atoms with van der Waals surface area (Å²) in [6.07, 6.45) is 0. The molecule has 0 fully saturated rings. The van der Waals surface area contributed by atoms with Crippen molar-refractivity contribution in [2.75, 3.05) is 0 Å². The van der Waals surface area contributed by atoms with Gasteiger partial charge in [0.2, 0.25) is 0 Å². The predicted octanol–water partition coefficient (Wildman–Crippen LogP) is 14.4. The smallest absolute Gasteiger partial charge is 0.166 e. The number of rotatable bonds is 7. The maximum Gasteiger partial charge on any atom is 0.166 e. The molecule has 0 bridgehead atoms. The standard InChI is InChI=1S/C57H37N5/c1-5-17-38(18-6-1)42-29-32-48-46-26-14-16-28-51(46)62(54(48)36-42)52-34-31-41(43-30-33-47-45-25-13-15-27-50(45)61(53(47)37-43)44-23-11-4-12-24-44)35-49(52)57-59-55(39-19-7-2-8-20-39)58-56(60-57)40-21-9-3-10-22-40/h1-37H. The van der Waals surface area contributed by atoms with Crippen LogP contribution in [0.1, 0.15) is 0 Å². The van der Waals surface area contributed by atoms with E-state index in [0.717, 1.165) is 61.3 Å². The number of para-hydroxylation sites is 3. The molecule has 3 aromatic heterocycles. The molecule has 0 spiro atoms. The molecule has 5 heteroatoms. The molecule has 0 aliphatic heterocycles. The molecule has 0 unspecified atom stereocenters. The van der Waals surface area contributed by atoms with Crippen LogP contribution < -0.4 is 0 Å². The molecule has 0 atom stereocenters. The summed E-state index contributed by atoms with van der Waals surface area (Å²) in [5.41, 5.74) is 13.9. The lowest BCUT2D eigenvalue weighted by Crippen LogP contribution is -2.04. The number of nitrogens with zero attached hydrogens (tertiary/aromatic N) is 5. The molecule has 290 valence electrons. The molecule has 3 heterocycles. The molecule has 12 aromatic rings. The molecule has 62 heavy (non-hydrogen) atoms. The maximum absolute atomic E-state index is 5.32. The van der Waals surface area contributed by atoms with Gasteiger partial charge in [-0.25, -0.2) is 15.0 Å². The summed E-state index contributed by atoms with van der Waals surface area (Å²) in [5.74, 6) is 1.83. The minimum atomic E-state index is 0.596. The highest BCUT2D eigenvalue weighted by atomic mass is 15.1. The van der Waals surface area contributed by atoms with Crippen LogP contribution in [0.4, 0.5) is 0 Å². The Morgan fingerprint density at radius 3 is 1.24 bits per heavy atom. The van der Waals surface area contributed by atoms with E-state index < -0.39 is 0 Å². The molecule has 0 radical (unpaired) electrons. The number of hydrogen-bond donors (Lipinski definition) is 0. The first-order valence-electron chi connectivity index (χ1n) is 20.9. The van der Waals surface area contributed by atoms with Gasteiger partial charge in [0, 0.05) is 43.9 Å². The quantitative estimate of drug-likeness (QED) is 0.162. The van der Waals surface area contributed by atoms with Crippen LogP contribution in [0.25, 0.3) is 111 Å². The van der Waals surface area contributed by atoms with Gasteiger partial charge in [0.1, 0.15) is 0 Å². The fourth-order valence-electron chi connectivity index (χ4n) is 9.06. The second-order valence-corrected chi connectivity index (χ2v) is 15.6. The lowest BCUT2D eigenvalue weighted by molar-refractivity contribution is 1.06.